The molecule has 0 aliphatic heterocycles. The van der Waals surface area contributed by atoms with E-state index in [1.807, 2.05) is 63.2 Å². The molecule has 0 saturated heterocycles. The summed E-state index contributed by atoms with van der Waals surface area (Å²) in [5.74, 6) is 0.309. The molecule has 31 heavy (non-hydrogen) atoms. The number of benzene rings is 2. The SMILES string of the molecule is CCCCNC(=O)[C@H](CC)N(Cc1ccccc1C)C(=O)COc1ccc(Br)c(C)c1. The summed E-state index contributed by atoms with van der Waals surface area (Å²) in [6.45, 7) is 8.87. The molecule has 0 fully saturated rings. The summed E-state index contributed by atoms with van der Waals surface area (Å²) in [5.41, 5.74) is 3.14. The number of nitrogens with zero attached hydrogens (tertiary/aromatic N) is 1. The van der Waals surface area contributed by atoms with Gasteiger partial charge in [-0.1, -0.05) is 60.5 Å². The largest absolute Gasteiger partial charge is 0.484 e. The van der Waals surface area contributed by atoms with Crippen LogP contribution in [0, 0.1) is 13.8 Å². The van der Waals surface area contributed by atoms with Crippen molar-refractivity contribution in [2.75, 3.05) is 13.2 Å². The molecular formula is C25H33BrN2O3. The molecule has 0 saturated carbocycles. The van der Waals surface area contributed by atoms with Crippen LogP contribution in [0.5, 0.6) is 5.75 Å². The Bertz CT molecular complexity index is 885. The summed E-state index contributed by atoms with van der Waals surface area (Å²) in [7, 11) is 0. The lowest BCUT2D eigenvalue weighted by Gasteiger charge is -2.31. The number of carbonyl (C=O) groups is 2. The highest BCUT2D eigenvalue weighted by atomic mass is 79.9. The molecule has 0 unspecified atom stereocenters. The molecule has 2 aromatic carbocycles. The normalized spacial score (nSPS) is 11.6. The van der Waals surface area contributed by atoms with E-state index in [2.05, 4.69) is 28.2 Å². The molecule has 1 atom stereocenters. The molecule has 0 radical (unpaired) electrons. The van der Waals surface area contributed by atoms with Crippen LogP contribution in [0.4, 0.5) is 0 Å². The summed E-state index contributed by atoms with van der Waals surface area (Å²) < 4.78 is 6.77. The molecule has 5 nitrogen and oxygen atoms in total. The van der Waals surface area contributed by atoms with E-state index in [1.54, 1.807) is 4.90 Å². The molecule has 168 valence electrons. The summed E-state index contributed by atoms with van der Waals surface area (Å²) in [6.07, 6.45) is 2.45. The number of amides is 2. The van der Waals surface area contributed by atoms with Crippen molar-refractivity contribution in [2.24, 2.45) is 0 Å². The Labute approximate surface area is 194 Å². The van der Waals surface area contributed by atoms with E-state index in [1.165, 1.54) is 0 Å². The second kappa shape index (κ2) is 12.5. The molecule has 1 N–H and O–H groups in total. The predicted octanol–water partition coefficient (Wildman–Crippen LogP) is 5.17. The van der Waals surface area contributed by atoms with Crippen LogP contribution in [0.25, 0.3) is 0 Å². The average molecular weight is 489 g/mol. The standard InChI is InChI=1S/C25H33BrN2O3/c1-5-7-14-27-25(30)23(6-2)28(16-20-11-9-8-10-18(20)3)24(29)17-31-21-12-13-22(26)19(4)15-21/h8-13,15,23H,5-7,14,16-17H2,1-4H3,(H,27,30)/t23-/m0/s1. The van der Waals surface area contributed by atoms with Crippen LogP contribution in [0.1, 0.15) is 49.8 Å². The van der Waals surface area contributed by atoms with Crippen molar-refractivity contribution >= 4 is 27.7 Å². The molecular weight excluding hydrogens is 456 g/mol. The third kappa shape index (κ3) is 7.39. The zero-order chi connectivity index (χ0) is 22.8. The Morgan fingerprint density at radius 1 is 1.10 bits per heavy atom. The molecule has 0 bridgehead atoms. The van der Waals surface area contributed by atoms with Crippen LogP contribution in [0.3, 0.4) is 0 Å². The maximum absolute atomic E-state index is 13.2. The number of hydrogen-bond donors (Lipinski definition) is 1. The van der Waals surface area contributed by atoms with Gasteiger partial charge in [0.2, 0.25) is 5.91 Å². The third-order valence-electron chi connectivity index (χ3n) is 5.31. The number of unbranched alkanes of at least 4 members (excludes halogenated alkanes) is 1. The van der Waals surface area contributed by atoms with Gasteiger partial charge in [-0.2, -0.15) is 0 Å². The second-order valence-electron chi connectivity index (χ2n) is 7.72. The molecule has 0 aliphatic carbocycles. The van der Waals surface area contributed by atoms with Gasteiger partial charge in [-0.25, -0.2) is 0 Å². The van der Waals surface area contributed by atoms with E-state index < -0.39 is 6.04 Å². The van der Waals surface area contributed by atoms with Gasteiger partial charge in [0.25, 0.3) is 5.91 Å². The third-order valence-corrected chi connectivity index (χ3v) is 6.20. The number of carbonyl (C=O) groups excluding carboxylic acids is 2. The van der Waals surface area contributed by atoms with Crippen LogP contribution in [0.15, 0.2) is 46.9 Å². The maximum Gasteiger partial charge on any atom is 0.261 e. The van der Waals surface area contributed by atoms with Gasteiger partial charge in [0.1, 0.15) is 11.8 Å². The lowest BCUT2D eigenvalue weighted by molar-refractivity contribution is -0.143. The number of hydrogen-bond acceptors (Lipinski definition) is 3. The monoisotopic (exact) mass is 488 g/mol. The van der Waals surface area contributed by atoms with E-state index in [9.17, 15) is 9.59 Å². The van der Waals surface area contributed by atoms with E-state index in [0.29, 0.717) is 25.3 Å². The first-order chi connectivity index (χ1) is 14.9. The second-order valence-corrected chi connectivity index (χ2v) is 8.57. The van der Waals surface area contributed by atoms with Crippen molar-refractivity contribution in [3.63, 3.8) is 0 Å². The van der Waals surface area contributed by atoms with Crippen molar-refractivity contribution in [1.82, 2.24) is 10.2 Å². The molecule has 0 spiro atoms. The molecule has 2 rings (SSSR count). The van der Waals surface area contributed by atoms with E-state index in [0.717, 1.165) is 34.0 Å². The first-order valence-electron chi connectivity index (χ1n) is 10.9. The van der Waals surface area contributed by atoms with Gasteiger partial charge >= 0.3 is 0 Å². The van der Waals surface area contributed by atoms with Crippen molar-refractivity contribution in [3.8, 4) is 5.75 Å². The predicted molar refractivity (Wildman–Crippen MR) is 128 cm³/mol. The highest BCUT2D eigenvalue weighted by Crippen LogP contribution is 2.22. The fraction of sp³-hybridized carbons (Fsp3) is 0.440. The van der Waals surface area contributed by atoms with Crippen molar-refractivity contribution in [2.45, 2.75) is 59.5 Å². The molecule has 0 aromatic heterocycles. The van der Waals surface area contributed by atoms with Crippen LogP contribution in [0.2, 0.25) is 0 Å². The topological polar surface area (TPSA) is 58.6 Å². The lowest BCUT2D eigenvalue weighted by atomic mass is 10.1. The van der Waals surface area contributed by atoms with Crippen molar-refractivity contribution in [3.05, 3.63) is 63.6 Å². The van der Waals surface area contributed by atoms with E-state index >= 15 is 0 Å². The highest BCUT2D eigenvalue weighted by Gasteiger charge is 2.29. The van der Waals surface area contributed by atoms with Crippen molar-refractivity contribution in [1.29, 1.82) is 0 Å². The number of aryl methyl sites for hydroxylation is 2. The fourth-order valence-corrected chi connectivity index (χ4v) is 3.58. The summed E-state index contributed by atoms with van der Waals surface area (Å²) >= 11 is 3.47. The Kier molecular flexibility index (Phi) is 10.0. The lowest BCUT2D eigenvalue weighted by Crippen LogP contribution is -2.50. The molecule has 6 heteroatoms. The Morgan fingerprint density at radius 3 is 2.48 bits per heavy atom. The number of halogens is 1. The van der Waals surface area contributed by atoms with Gasteiger partial charge in [0.05, 0.1) is 0 Å². The Balaban J connectivity index is 2.20. The van der Waals surface area contributed by atoms with Gasteiger partial charge in [-0.3, -0.25) is 9.59 Å². The van der Waals surface area contributed by atoms with Crippen molar-refractivity contribution < 1.29 is 14.3 Å². The maximum atomic E-state index is 13.2. The quantitative estimate of drug-likeness (QED) is 0.443. The number of ether oxygens (including phenoxy) is 1. The molecule has 2 amide bonds. The van der Waals surface area contributed by atoms with Gasteiger partial charge in [-0.05, 0) is 61.6 Å². The highest BCUT2D eigenvalue weighted by molar-refractivity contribution is 9.10. The number of nitrogens with one attached hydrogen (secondary N) is 1. The Hall–Kier alpha value is -2.34. The molecule has 2 aromatic rings. The van der Waals surface area contributed by atoms with Gasteiger partial charge < -0.3 is 15.0 Å². The zero-order valence-electron chi connectivity index (χ0n) is 18.9. The minimum atomic E-state index is -0.542. The summed E-state index contributed by atoms with van der Waals surface area (Å²) in [4.78, 5) is 27.8. The molecule has 0 heterocycles. The van der Waals surface area contributed by atoms with Gasteiger partial charge in [0.15, 0.2) is 6.61 Å². The fourth-order valence-electron chi connectivity index (χ4n) is 3.33. The van der Waals surface area contributed by atoms with Crippen LogP contribution in [-0.2, 0) is 16.1 Å². The van der Waals surface area contributed by atoms with Crippen LogP contribution >= 0.6 is 15.9 Å². The van der Waals surface area contributed by atoms with E-state index in [4.69, 9.17) is 4.74 Å². The zero-order valence-corrected chi connectivity index (χ0v) is 20.5. The molecule has 0 aliphatic rings. The smallest absolute Gasteiger partial charge is 0.261 e. The van der Waals surface area contributed by atoms with Gasteiger partial charge in [0, 0.05) is 17.6 Å². The minimum Gasteiger partial charge on any atom is -0.484 e. The first kappa shape index (κ1) is 24.9. The van der Waals surface area contributed by atoms with Crippen LogP contribution in [-0.4, -0.2) is 35.9 Å². The Morgan fingerprint density at radius 2 is 1.84 bits per heavy atom. The summed E-state index contributed by atoms with van der Waals surface area (Å²) in [6, 6.07) is 13.0. The van der Waals surface area contributed by atoms with E-state index in [-0.39, 0.29) is 18.4 Å². The first-order valence-corrected chi connectivity index (χ1v) is 11.7. The minimum absolute atomic E-state index is 0.114. The van der Waals surface area contributed by atoms with Crippen LogP contribution < -0.4 is 10.1 Å². The average Bonchev–Trinajstić information content (AvgIpc) is 2.75. The number of rotatable bonds is 11. The summed E-state index contributed by atoms with van der Waals surface area (Å²) in [5, 5.41) is 2.98. The van der Waals surface area contributed by atoms with Gasteiger partial charge in [-0.15, -0.1) is 0 Å².